The molecule has 0 aliphatic carbocycles. The quantitative estimate of drug-likeness (QED) is 0.634. The Hall–Kier alpha value is -3.88. The first kappa shape index (κ1) is 19.4. The minimum Gasteiger partial charge on any atom is -0.454 e. The molecule has 0 saturated heterocycles. The second kappa shape index (κ2) is 8.24. The number of carbonyl (C=O) groups is 2. The molecule has 3 aromatic rings. The number of nitrogens with one attached hydrogen (secondary N) is 2. The molecule has 1 aliphatic heterocycles. The number of nitrogens with zero attached hydrogens (tertiary/aromatic N) is 2. The minimum absolute atomic E-state index is 0.0410. The van der Waals surface area contributed by atoms with E-state index in [-0.39, 0.29) is 31.4 Å². The molecule has 2 N–H and O–H groups in total. The van der Waals surface area contributed by atoms with Crippen LogP contribution in [0.2, 0.25) is 0 Å². The van der Waals surface area contributed by atoms with Crippen molar-refractivity contribution >= 4 is 22.7 Å². The van der Waals surface area contributed by atoms with Crippen LogP contribution in [0.4, 0.5) is 0 Å². The molecule has 2 amide bonds. The van der Waals surface area contributed by atoms with Gasteiger partial charge in [-0.25, -0.2) is 0 Å². The fourth-order valence-electron chi connectivity index (χ4n) is 3.21. The molecule has 0 atom stereocenters. The van der Waals surface area contributed by atoms with Gasteiger partial charge in [-0.3, -0.25) is 19.4 Å². The first-order chi connectivity index (χ1) is 14.6. The van der Waals surface area contributed by atoms with Crippen molar-refractivity contribution in [3.05, 3.63) is 64.2 Å². The lowest BCUT2D eigenvalue weighted by Crippen LogP contribution is -2.38. The highest BCUT2D eigenvalue weighted by Gasteiger charge is 2.20. The summed E-state index contributed by atoms with van der Waals surface area (Å²) in [4.78, 5) is 41.7. The van der Waals surface area contributed by atoms with E-state index >= 15 is 0 Å². The van der Waals surface area contributed by atoms with Crippen molar-refractivity contribution in [3.63, 3.8) is 0 Å². The number of rotatable bonds is 6. The van der Waals surface area contributed by atoms with Gasteiger partial charge in [0.15, 0.2) is 11.5 Å². The number of fused-ring (bicyclic) bond motifs is 2. The zero-order valence-corrected chi connectivity index (χ0v) is 16.3. The minimum atomic E-state index is -0.616. The lowest BCUT2D eigenvalue weighted by molar-refractivity contribution is -0.120. The Morgan fingerprint density at radius 2 is 1.97 bits per heavy atom. The molecular formula is C21H20N4O5. The van der Waals surface area contributed by atoms with Crippen LogP contribution >= 0.6 is 0 Å². The molecule has 0 fully saturated rings. The summed E-state index contributed by atoms with van der Waals surface area (Å²) in [5, 5.41) is 5.53. The number of pyridine rings is 2. The van der Waals surface area contributed by atoms with E-state index in [1.54, 1.807) is 35.0 Å². The van der Waals surface area contributed by atoms with Crippen LogP contribution in [0.5, 0.6) is 11.5 Å². The van der Waals surface area contributed by atoms with Crippen LogP contribution in [-0.4, -0.2) is 34.7 Å². The van der Waals surface area contributed by atoms with Gasteiger partial charge in [0.05, 0.1) is 29.7 Å². The van der Waals surface area contributed by atoms with Crippen molar-refractivity contribution in [2.24, 2.45) is 0 Å². The molecule has 4 rings (SSSR count). The summed E-state index contributed by atoms with van der Waals surface area (Å²) >= 11 is 0. The van der Waals surface area contributed by atoms with Gasteiger partial charge >= 0.3 is 0 Å². The third-order valence-electron chi connectivity index (χ3n) is 4.76. The molecule has 30 heavy (non-hydrogen) atoms. The average Bonchev–Trinajstić information content (AvgIpc) is 3.23. The van der Waals surface area contributed by atoms with E-state index in [1.807, 2.05) is 13.0 Å². The van der Waals surface area contributed by atoms with Gasteiger partial charge in [-0.15, -0.1) is 0 Å². The molecular weight excluding hydrogens is 388 g/mol. The summed E-state index contributed by atoms with van der Waals surface area (Å²) < 4.78 is 12.5. The third kappa shape index (κ3) is 3.82. The van der Waals surface area contributed by atoms with Gasteiger partial charge < -0.3 is 24.7 Å². The first-order valence-corrected chi connectivity index (χ1v) is 9.48. The maximum Gasteiger partial charge on any atom is 0.257 e. The largest absolute Gasteiger partial charge is 0.454 e. The standard InChI is InChI=1S/C21H20N4O5/c1-2-25-11-15(20(27)14-7-17-18(8-16(14)25)30-12-29-17)21(28)24-10-19(26)23-9-13-5-3-4-6-22-13/h3-8,11H,2,9-10,12H2,1H3,(H,23,26)(H,24,28). The van der Waals surface area contributed by atoms with E-state index in [2.05, 4.69) is 15.6 Å². The average molecular weight is 408 g/mol. The normalized spacial score (nSPS) is 12.0. The van der Waals surface area contributed by atoms with Crippen LogP contribution in [0.15, 0.2) is 47.5 Å². The molecule has 9 heteroatoms. The summed E-state index contributed by atoms with van der Waals surface area (Å²) in [5.74, 6) is 0.0309. The fourth-order valence-corrected chi connectivity index (χ4v) is 3.21. The maximum absolute atomic E-state index is 12.9. The van der Waals surface area contributed by atoms with E-state index < -0.39 is 11.3 Å². The Balaban J connectivity index is 1.50. The smallest absolute Gasteiger partial charge is 0.257 e. The molecule has 0 spiro atoms. The third-order valence-corrected chi connectivity index (χ3v) is 4.76. The topological polar surface area (TPSA) is 112 Å². The van der Waals surface area contributed by atoms with Crippen molar-refractivity contribution in [1.82, 2.24) is 20.2 Å². The Morgan fingerprint density at radius 1 is 1.17 bits per heavy atom. The Kier molecular flexibility index (Phi) is 5.34. The molecule has 0 radical (unpaired) electrons. The van der Waals surface area contributed by atoms with Gasteiger partial charge in [0.1, 0.15) is 5.56 Å². The van der Waals surface area contributed by atoms with Crippen LogP contribution < -0.4 is 25.5 Å². The number of hydrogen-bond acceptors (Lipinski definition) is 6. The van der Waals surface area contributed by atoms with Gasteiger partial charge in [-0.05, 0) is 25.1 Å². The highest BCUT2D eigenvalue weighted by atomic mass is 16.7. The number of carbonyl (C=O) groups excluding carboxylic acids is 2. The molecule has 2 aromatic heterocycles. The van der Waals surface area contributed by atoms with Crippen LogP contribution in [0.3, 0.4) is 0 Å². The van der Waals surface area contributed by atoms with Crippen LogP contribution in [0, 0.1) is 0 Å². The lowest BCUT2D eigenvalue weighted by atomic mass is 10.1. The van der Waals surface area contributed by atoms with Crippen molar-refractivity contribution < 1.29 is 19.1 Å². The van der Waals surface area contributed by atoms with Crippen LogP contribution in [0.1, 0.15) is 23.0 Å². The summed E-state index contributed by atoms with van der Waals surface area (Å²) in [6, 6.07) is 8.71. The molecule has 0 saturated carbocycles. The highest BCUT2D eigenvalue weighted by molar-refractivity contribution is 5.99. The van der Waals surface area contributed by atoms with Crippen molar-refractivity contribution in [2.45, 2.75) is 20.0 Å². The number of aryl methyl sites for hydroxylation is 1. The van der Waals surface area contributed by atoms with E-state index in [1.165, 1.54) is 6.20 Å². The van der Waals surface area contributed by atoms with Gasteiger partial charge in [-0.2, -0.15) is 0 Å². The number of ether oxygens (including phenoxy) is 2. The zero-order valence-electron chi connectivity index (χ0n) is 16.3. The van der Waals surface area contributed by atoms with Gasteiger partial charge in [0.25, 0.3) is 5.91 Å². The summed E-state index contributed by atoms with van der Waals surface area (Å²) in [6.45, 7) is 2.53. The van der Waals surface area contributed by atoms with Crippen molar-refractivity contribution in [3.8, 4) is 11.5 Å². The number of amides is 2. The van der Waals surface area contributed by atoms with Crippen LogP contribution in [0.25, 0.3) is 10.9 Å². The van der Waals surface area contributed by atoms with Crippen molar-refractivity contribution in [1.29, 1.82) is 0 Å². The number of aromatic nitrogens is 2. The molecule has 3 heterocycles. The van der Waals surface area contributed by atoms with Crippen LogP contribution in [-0.2, 0) is 17.9 Å². The monoisotopic (exact) mass is 408 g/mol. The van der Waals surface area contributed by atoms with Crippen molar-refractivity contribution in [2.75, 3.05) is 13.3 Å². The Labute approximate surface area is 171 Å². The molecule has 154 valence electrons. The Morgan fingerprint density at radius 3 is 2.70 bits per heavy atom. The summed E-state index contributed by atoms with van der Waals surface area (Å²) in [7, 11) is 0. The van der Waals surface area contributed by atoms with E-state index in [0.717, 1.165) is 0 Å². The van der Waals surface area contributed by atoms with E-state index in [0.29, 0.717) is 34.6 Å². The van der Waals surface area contributed by atoms with E-state index in [9.17, 15) is 14.4 Å². The molecule has 9 nitrogen and oxygen atoms in total. The molecule has 1 aliphatic rings. The SMILES string of the molecule is CCn1cc(C(=O)NCC(=O)NCc2ccccn2)c(=O)c2cc3c(cc21)OCO3. The fraction of sp³-hybridized carbons (Fsp3) is 0.238. The predicted molar refractivity (Wildman–Crippen MR) is 108 cm³/mol. The van der Waals surface area contributed by atoms with Gasteiger partial charge in [0, 0.05) is 25.0 Å². The molecule has 1 aromatic carbocycles. The zero-order chi connectivity index (χ0) is 21.1. The second-order valence-electron chi connectivity index (χ2n) is 6.66. The van der Waals surface area contributed by atoms with Gasteiger partial charge in [-0.1, -0.05) is 6.07 Å². The lowest BCUT2D eigenvalue weighted by Gasteiger charge is -2.12. The summed E-state index contributed by atoms with van der Waals surface area (Å²) in [5.41, 5.74) is 0.882. The number of hydrogen-bond donors (Lipinski definition) is 2. The van der Waals surface area contributed by atoms with Gasteiger partial charge in [0.2, 0.25) is 18.1 Å². The molecule has 0 bridgehead atoms. The second-order valence-corrected chi connectivity index (χ2v) is 6.66. The Bertz CT molecular complexity index is 1170. The first-order valence-electron chi connectivity index (χ1n) is 9.48. The summed E-state index contributed by atoms with van der Waals surface area (Å²) in [6.07, 6.45) is 3.13. The molecule has 0 unspecified atom stereocenters. The van der Waals surface area contributed by atoms with E-state index in [4.69, 9.17) is 9.47 Å². The number of benzene rings is 1. The predicted octanol–water partition coefficient (Wildman–Crippen LogP) is 1.19. The maximum atomic E-state index is 12.9. The highest BCUT2D eigenvalue weighted by Crippen LogP contribution is 2.35.